The van der Waals surface area contributed by atoms with Gasteiger partial charge in [-0.05, 0) is 75.3 Å². The van der Waals surface area contributed by atoms with Gasteiger partial charge in [0.1, 0.15) is 11.2 Å². The third-order valence-electron chi connectivity index (χ3n) is 12.7. The molecular formula is C54H38N2OSi. The maximum atomic E-state index is 6.70. The predicted octanol–water partition coefficient (Wildman–Crippen LogP) is 10.8. The van der Waals surface area contributed by atoms with E-state index in [1.807, 2.05) is 0 Å². The van der Waals surface area contributed by atoms with Crippen LogP contribution >= 0.6 is 0 Å². The average Bonchev–Trinajstić information content (AvgIpc) is 3.95. The second kappa shape index (κ2) is 13.0. The summed E-state index contributed by atoms with van der Waals surface area (Å²) in [5.41, 5.74) is 9.17. The van der Waals surface area contributed by atoms with Crippen LogP contribution in [0.25, 0.3) is 49.4 Å². The third kappa shape index (κ3) is 4.73. The molecule has 0 bridgehead atoms. The Kier molecular flexibility index (Phi) is 7.38. The van der Waals surface area contributed by atoms with Crippen molar-refractivity contribution >= 4 is 83.9 Å². The van der Waals surface area contributed by atoms with Crippen molar-refractivity contribution in [3.63, 3.8) is 0 Å². The summed E-state index contributed by atoms with van der Waals surface area (Å²) in [6, 6.07) is 72.1. The maximum absolute atomic E-state index is 6.70. The van der Waals surface area contributed by atoms with Crippen LogP contribution in [0, 0.1) is 0 Å². The normalized spacial score (nSPS) is 16.1. The molecule has 0 fully saturated rings. The van der Waals surface area contributed by atoms with Gasteiger partial charge in [-0.15, -0.1) is 0 Å². The summed E-state index contributed by atoms with van der Waals surface area (Å²) in [4.78, 5) is 2.56. The van der Waals surface area contributed by atoms with E-state index < -0.39 is 8.07 Å². The number of hydrogen-bond donors (Lipinski definition) is 0. The van der Waals surface area contributed by atoms with Crippen molar-refractivity contribution in [2.75, 3.05) is 4.90 Å². The lowest BCUT2D eigenvalue weighted by molar-refractivity contribution is 0.656. The molecule has 274 valence electrons. The molecule has 2 aliphatic rings. The molecule has 3 nitrogen and oxygen atoms in total. The van der Waals surface area contributed by atoms with Gasteiger partial charge >= 0.3 is 0 Å². The van der Waals surface area contributed by atoms with E-state index in [1.54, 1.807) is 0 Å². The summed E-state index contributed by atoms with van der Waals surface area (Å²) >= 11 is 0. The highest BCUT2D eigenvalue weighted by molar-refractivity contribution is 7.20. The van der Waals surface area contributed by atoms with E-state index in [0.29, 0.717) is 0 Å². The second-order valence-corrected chi connectivity index (χ2v) is 19.4. The topological polar surface area (TPSA) is 21.3 Å². The zero-order chi connectivity index (χ0) is 38.2. The number of anilines is 2. The molecule has 3 heterocycles. The highest BCUT2D eigenvalue weighted by Gasteiger charge is 2.44. The van der Waals surface area contributed by atoms with Gasteiger partial charge in [0.15, 0.2) is 8.07 Å². The van der Waals surface area contributed by atoms with Crippen LogP contribution in [0.15, 0.2) is 223 Å². The minimum absolute atomic E-state index is 0.124. The van der Waals surface area contributed by atoms with Crippen LogP contribution in [0.5, 0.6) is 0 Å². The summed E-state index contributed by atoms with van der Waals surface area (Å²) < 4.78 is 9.11. The third-order valence-corrected chi connectivity index (χ3v) is 17.4. The predicted molar refractivity (Wildman–Crippen MR) is 245 cm³/mol. The first-order valence-electron chi connectivity index (χ1n) is 20.2. The molecular weight excluding hydrogens is 721 g/mol. The van der Waals surface area contributed by atoms with Gasteiger partial charge in [0.25, 0.3) is 0 Å². The van der Waals surface area contributed by atoms with Gasteiger partial charge in [0.2, 0.25) is 0 Å². The summed E-state index contributed by atoms with van der Waals surface area (Å²) in [6.45, 7) is 0. The smallest absolute Gasteiger partial charge is 0.179 e. The zero-order valence-corrected chi connectivity index (χ0v) is 32.7. The van der Waals surface area contributed by atoms with Gasteiger partial charge in [-0.3, -0.25) is 0 Å². The molecule has 1 aliphatic carbocycles. The Morgan fingerprint density at radius 1 is 0.431 bits per heavy atom. The van der Waals surface area contributed by atoms with Crippen molar-refractivity contribution in [1.29, 1.82) is 0 Å². The fourth-order valence-corrected chi connectivity index (χ4v) is 15.0. The highest BCUT2D eigenvalue weighted by Crippen LogP contribution is 2.51. The second-order valence-electron chi connectivity index (χ2n) is 15.6. The number of rotatable bonds is 6. The molecule has 12 rings (SSSR count). The maximum Gasteiger partial charge on any atom is 0.179 e. The molecule has 0 amide bonds. The Morgan fingerprint density at radius 2 is 1.05 bits per heavy atom. The molecule has 2 unspecified atom stereocenters. The van der Waals surface area contributed by atoms with Crippen LogP contribution in [0.1, 0.15) is 11.5 Å². The number of aromatic nitrogens is 1. The Hall–Kier alpha value is -7.14. The van der Waals surface area contributed by atoms with Crippen LogP contribution < -0.4 is 25.6 Å². The number of furan rings is 1. The lowest BCUT2D eigenvalue weighted by atomic mass is 9.90. The largest absolute Gasteiger partial charge is 0.456 e. The molecule has 10 aromatic rings. The van der Waals surface area contributed by atoms with Gasteiger partial charge in [0.05, 0.1) is 17.1 Å². The summed E-state index contributed by atoms with van der Waals surface area (Å²) in [5, 5.41) is 10.3. The lowest BCUT2D eigenvalue weighted by Gasteiger charge is -2.36. The van der Waals surface area contributed by atoms with E-state index in [1.165, 1.54) is 70.6 Å². The minimum atomic E-state index is -2.94. The summed E-state index contributed by atoms with van der Waals surface area (Å²) in [6.07, 6.45) is 9.11. The van der Waals surface area contributed by atoms with Gasteiger partial charge in [-0.25, -0.2) is 0 Å². The number of benzene rings is 8. The molecule has 0 N–H and O–H groups in total. The van der Waals surface area contributed by atoms with E-state index in [9.17, 15) is 0 Å². The Bertz CT molecular complexity index is 3210. The van der Waals surface area contributed by atoms with Crippen LogP contribution in [0.3, 0.4) is 0 Å². The van der Waals surface area contributed by atoms with Crippen molar-refractivity contribution in [3.05, 3.63) is 224 Å². The first kappa shape index (κ1) is 33.0. The van der Waals surface area contributed by atoms with Gasteiger partial charge in [-0.2, -0.15) is 0 Å². The number of allylic oxidation sites excluding steroid dienone is 2. The molecule has 0 saturated heterocycles. The highest BCUT2D eigenvalue weighted by atomic mass is 28.3. The lowest BCUT2D eigenvalue weighted by Crippen LogP contribution is -2.74. The number of hydrogen-bond acceptors (Lipinski definition) is 2. The SMILES string of the molecule is C1=CC2c3c(ccc4c3oc3ccccc34)N(c3cccc([Si](c4ccccc4)(c4ccccc4)c4ccc5c(c4)c4ccccc4n5-c4ccccc4)c3)C2C=C1. The minimum Gasteiger partial charge on any atom is -0.456 e. The molecule has 0 radical (unpaired) electrons. The Morgan fingerprint density at radius 3 is 1.84 bits per heavy atom. The summed E-state index contributed by atoms with van der Waals surface area (Å²) in [7, 11) is -2.94. The van der Waals surface area contributed by atoms with Crippen LogP contribution in [0.2, 0.25) is 0 Å². The van der Waals surface area contributed by atoms with Crippen molar-refractivity contribution in [3.8, 4) is 5.69 Å². The fourth-order valence-electron chi connectivity index (χ4n) is 10.2. The number of fused-ring (bicyclic) bond motifs is 10. The van der Waals surface area contributed by atoms with Crippen molar-refractivity contribution < 1.29 is 4.42 Å². The molecule has 2 atom stereocenters. The molecule has 2 aromatic heterocycles. The van der Waals surface area contributed by atoms with Crippen LogP contribution in [0.4, 0.5) is 11.4 Å². The monoisotopic (exact) mass is 758 g/mol. The molecule has 0 saturated carbocycles. The average molecular weight is 759 g/mol. The Labute approximate surface area is 338 Å². The van der Waals surface area contributed by atoms with Crippen LogP contribution in [-0.2, 0) is 0 Å². The molecule has 8 aromatic carbocycles. The Balaban J connectivity index is 1.12. The standard InChI is InChI=1S/C54H38N2OSi/c1-4-17-37(18-5-1)55-48-28-13-10-25-43(48)47-36-42(31-33-50(47)55)58(39-20-6-2-7-21-39,40-22-8-3-9-23-40)41-24-16-19-38(35-41)56-49-29-14-11-27-46(49)53-51(56)34-32-45-44-26-12-15-30-52(44)57-54(45)53/h1-36,46,49H. The van der Waals surface area contributed by atoms with Gasteiger partial charge in [-0.1, -0.05) is 164 Å². The molecule has 4 heteroatoms. The van der Waals surface area contributed by atoms with Crippen molar-refractivity contribution in [1.82, 2.24) is 4.57 Å². The molecule has 0 spiro atoms. The van der Waals surface area contributed by atoms with Crippen molar-refractivity contribution in [2.24, 2.45) is 0 Å². The molecule has 58 heavy (non-hydrogen) atoms. The summed E-state index contributed by atoms with van der Waals surface area (Å²) in [5.74, 6) is 0.169. The van der Waals surface area contributed by atoms with Crippen LogP contribution in [-0.4, -0.2) is 18.7 Å². The fraction of sp³-hybridized carbons (Fsp3) is 0.0370. The van der Waals surface area contributed by atoms with E-state index in [4.69, 9.17) is 4.42 Å². The van der Waals surface area contributed by atoms with E-state index in [-0.39, 0.29) is 12.0 Å². The first-order valence-corrected chi connectivity index (χ1v) is 22.2. The van der Waals surface area contributed by atoms with Crippen molar-refractivity contribution in [2.45, 2.75) is 12.0 Å². The number of para-hydroxylation sites is 3. The quantitative estimate of drug-likeness (QED) is 0.124. The number of nitrogens with zero attached hydrogens (tertiary/aromatic N) is 2. The van der Waals surface area contributed by atoms with Gasteiger partial charge < -0.3 is 13.9 Å². The van der Waals surface area contributed by atoms with Gasteiger partial charge in [0, 0.05) is 50.1 Å². The van der Waals surface area contributed by atoms with E-state index in [2.05, 4.69) is 228 Å². The zero-order valence-electron chi connectivity index (χ0n) is 31.7. The first-order chi connectivity index (χ1) is 28.8. The van der Waals surface area contributed by atoms with E-state index >= 15 is 0 Å². The van der Waals surface area contributed by atoms with E-state index in [0.717, 1.165) is 16.6 Å². The molecule has 1 aliphatic heterocycles.